The first-order chi connectivity index (χ1) is 11.0. The maximum Gasteiger partial charge on any atom is 0.306 e. The fourth-order valence-electron chi connectivity index (χ4n) is 2.51. The van der Waals surface area contributed by atoms with Crippen LogP contribution < -0.4 is 5.32 Å². The predicted molar refractivity (Wildman–Crippen MR) is 85.8 cm³/mol. The van der Waals surface area contributed by atoms with Crippen molar-refractivity contribution in [2.75, 3.05) is 20.1 Å². The number of nitrogens with zero attached hydrogens (tertiary/aromatic N) is 1. The van der Waals surface area contributed by atoms with Crippen LogP contribution in [0, 0.1) is 5.92 Å². The highest BCUT2D eigenvalue weighted by atomic mass is 16.4. The third-order valence-corrected chi connectivity index (χ3v) is 3.97. The largest absolute Gasteiger partial charge is 0.481 e. The third-order valence-electron chi connectivity index (χ3n) is 3.97. The van der Waals surface area contributed by atoms with Crippen molar-refractivity contribution < 1.29 is 19.5 Å². The van der Waals surface area contributed by atoms with Gasteiger partial charge in [-0.05, 0) is 36.6 Å². The Bertz CT molecular complexity index is 614. The van der Waals surface area contributed by atoms with E-state index in [1.807, 2.05) is 0 Å². The summed E-state index contributed by atoms with van der Waals surface area (Å²) in [5, 5.41) is 11.5. The van der Waals surface area contributed by atoms with Gasteiger partial charge in [0.15, 0.2) is 0 Å². The Morgan fingerprint density at radius 1 is 1.17 bits per heavy atom. The maximum atomic E-state index is 12.1. The second-order valence-electron chi connectivity index (χ2n) is 5.47. The monoisotopic (exact) mass is 316 g/mol. The van der Waals surface area contributed by atoms with Crippen LogP contribution in [-0.2, 0) is 9.59 Å². The number of hydrogen-bond acceptors (Lipinski definition) is 3. The molecule has 2 rings (SSSR count). The van der Waals surface area contributed by atoms with Gasteiger partial charge in [-0.3, -0.25) is 14.4 Å². The summed E-state index contributed by atoms with van der Waals surface area (Å²) >= 11 is 0. The van der Waals surface area contributed by atoms with E-state index >= 15 is 0 Å². The third kappa shape index (κ3) is 4.42. The average molecular weight is 316 g/mol. The summed E-state index contributed by atoms with van der Waals surface area (Å²) in [5.41, 5.74) is 1.39. The van der Waals surface area contributed by atoms with Gasteiger partial charge in [-0.1, -0.05) is 12.1 Å². The zero-order valence-electron chi connectivity index (χ0n) is 13.0. The Morgan fingerprint density at radius 3 is 2.30 bits per heavy atom. The van der Waals surface area contributed by atoms with Crippen molar-refractivity contribution in [2.24, 2.45) is 5.92 Å². The molecule has 0 aromatic heterocycles. The summed E-state index contributed by atoms with van der Waals surface area (Å²) in [5.74, 6) is -1.41. The van der Waals surface area contributed by atoms with Gasteiger partial charge in [-0.2, -0.15) is 0 Å². The van der Waals surface area contributed by atoms with Gasteiger partial charge in [0, 0.05) is 31.8 Å². The number of benzene rings is 1. The summed E-state index contributed by atoms with van der Waals surface area (Å²) in [7, 11) is 1.57. The number of hydrogen-bond donors (Lipinski definition) is 2. The van der Waals surface area contributed by atoms with E-state index < -0.39 is 5.97 Å². The number of piperidine rings is 1. The number of aliphatic carboxylic acids is 1. The molecule has 122 valence electrons. The SMILES string of the molecule is CNC(=O)c1ccc(/C=C/C(=O)N2CCC(C(=O)O)CC2)cc1. The van der Waals surface area contributed by atoms with Crippen LogP contribution in [0.25, 0.3) is 6.08 Å². The standard InChI is InChI=1S/C17H20N2O4/c1-18-16(21)13-5-2-12(3-6-13)4-7-15(20)19-10-8-14(9-11-19)17(22)23/h2-7,14H,8-11H2,1H3,(H,18,21)(H,22,23)/b7-4+. The van der Waals surface area contributed by atoms with Crippen LogP contribution in [0.2, 0.25) is 0 Å². The second-order valence-corrected chi connectivity index (χ2v) is 5.47. The lowest BCUT2D eigenvalue weighted by molar-refractivity contribution is -0.144. The quantitative estimate of drug-likeness (QED) is 0.822. The number of amides is 2. The van der Waals surface area contributed by atoms with Crippen LogP contribution in [-0.4, -0.2) is 47.9 Å². The van der Waals surface area contributed by atoms with Crippen LogP contribution in [0.4, 0.5) is 0 Å². The fraction of sp³-hybridized carbons (Fsp3) is 0.353. The molecule has 23 heavy (non-hydrogen) atoms. The molecule has 0 atom stereocenters. The molecule has 1 aliphatic rings. The lowest BCUT2D eigenvalue weighted by Gasteiger charge is -2.29. The number of carboxylic acid groups (broad SMARTS) is 1. The van der Waals surface area contributed by atoms with Crippen molar-refractivity contribution in [1.29, 1.82) is 0 Å². The number of carboxylic acids is 1. The van der Waals surface area contributed by atoms with Gasteiger partial charge < -0.3 is 15.3 Å². The molecule has 0 saturated carbocycles. The van der Waals surface area contributed by atoms with E-state index in [2.05, 4.69) is 5.32 Å². The van der Waals surface area contributed by atoms with Gasteiger partial charge in [0.1, 0.15) is 0 Å². The molecule has 1 aliphatic heterocycles. The molecule has 1 aromatic rings. The summed E-state index contributed by atoms with van der Waals surface area (Å²) in [4.78, 5) is 36.1. The smallest absolute Gasteiger partial charge is 0.306 e. The fourth-order valence-corrected chi connectivity index (χ4v) is 2.51. The van der Waals surface area contributed by atoms with Crippen LogP contribution in [0.3, 0.4) is 0 Å². The van der Waals surface area contributed by atoms with Crippen LogP contribution in [0.5, 0.6) is 0 Å². The van der Waals surface area contributed by atoms with Crippen LogP contribution >= 0.6 is 0 Å². The molecule has 1 aromatic carbocycles. The van der Waals surface area contributed by atoms with E-state index in [4.69, 9.17) is 5.11 Å². The van der Waals surface area contributed by atoms with Gasteiger partial charge in [0.05, 0.1) is 5.92 Å². The normalized spacial score (nSPS) is 15.6. The zero-order valence-corrected chi connectivity index (χ0v) is 13.0. The molecule has 2 amide bonds. The van der Waals surface area contributed by atoms with Crippen molar-refractivity contribution in [3.63, 3.8) is 0 Å². The van der Waals surface area contributed by atoms with E-state index in [1.54, 1.807) is 42.3 Å². The molecular formula is C17H20N2O4. The van der Waals surface area contributed by atoms with Crippen molar-refractivity contribution >= 4 is 23.9 Å². The summed E-state index contributed by atoms with van der Waals surface area (Å²) in [6, 6.07) is 6.93. The van der Waals surface area contributed by atoms with E-state index in [1.165, 1.54) is 6.08 Å². The number of rotatable bonds is 4. The van der Waals surface area contributed by atoms with E-state index in [-0.39, 0.29) is 17.7 Å². The van der Waals surface area contributed by atoms with Crippen molar-refractivity contribution in [3.8, 4) is 0 Å². The lowest BCUT2D eigenvalue weighted by atomic mass is 9.97. The summed E-state index contributed by atoms with van der Waals surface area (Å²) in [6.45, 7) is 0.936. The molecule has 0 spiro atoms. The molecular weight excluding hydrogens is 296 g/mol. The Labute approximate surface area is 134 Å². The highest BCUT2D eigenvalue weighted by molar-refractivity contribution is 5.94. The molecule has 0 unspecified atom stereocenters. The molecule has 1 saturated heterocycles. The highest BCUT2D eigenvalue weighted by Gasteiger charge is 2.25. The topological polar surface area (TPSA) is 86.7 Å². The first-order valence-corrected chi connectivity index (χ1v) is 7.53. The van der Waals surface area contributed by atoms with Gasteiger partial charge >= 0.3 is 5.97 Å². The number of carbonyl (C=O) groups excluding carboxylic acids is 2. The van der Waals surface area contributed by atoms with Gasteiger partial charge in [-0.15, -0.1) is 0 Å². The van der Waals surface area contributed by atoms with Crippen molar-refractivity contribution in [1.82, 2.24) is 10.2 Å². The molecule has 0 bridgehead atoms. The Morgan fingerprint density at radius 2 is 1.78 bits per heavy atom. The molecule has 0 aliphatic carbocycles. The van der Waals surface area contributed by atoms with Crippen molar-refractivity contribution in [2.45, 2.75) is 12.8 Å². The van der Waals surface area contributed by atoms with E-state index in [9.17, 15) is 14.4 Å². The molecule has 6 nitrogen and oxygen atoms in total. The first kappa shape index (κ1) is 16.7. The minimum absolute atomic E-state index is 0.121. The minimum Gasteiger partial charge on any atom is -0.481 e. The van der Waals surface area contributed by atoms with Crippen molar-refractivity contribution in [3.05, 3.63) is 41.5 Å². The van der Waals surface area contributed by atoms with E-state index in [0.717, 1.165) is 5.56 Å². The second kappa shape index (κ2) is 7.58. The molecule has 6 heteroatoms. The number of likely N-dealkylation sites (tertiary alicyclic amines) is 1. The van der Waals surface area contributed by atoms with Gasteiger partial charge in [-0.25, -0.2) is 0 Å². The zero-order chi connectivity index (χ0) is 16.8. The summed E-state index contributed by atoms with van der Waals surface area (Å²) in [6.07, 6.45) is 4.17. The Balaban J connectivity index is 1.91. The van der Waals surface area contributed by atoms with Gasteiger partial charge in [0.2, 0.25) is 5.91 Å². The van der Waals surface area contributed by atoms with Crippen LogP contribution in [0.1, 0.15) is 28.8 Å². The highest BCUT2D eigenvalue weighted by Crippen LogP contribution is 2.17. The number of carbonyl (C=O) groups is 3. The molecule has 1 fully saturated rings. The lowest BCUT2D eigenvalue weighted by Crippen LogP contribution is -2.39. The number of nitrogens with one attached hydrogen (secondary N) is 1. The molecule has 0 radical (unpaired) electrons. The molecule has 1 heterocycles. The van der Waals surface area contributed by atoms with Crippen LogP contribution in [0.15, 0.2) is 30.3 Å². The molecule has 2 N–H and O–H groups in total. The average Bonchev–Trinajstić information content (AvgIpc) is 2.59. The first-order valence-electron chi connectivity index (χ1n) is 7.53. The predicted octanol–water partition coefficient (Wildman–Crippen LogP) is 1.38. The summed E-state index contributed by atoms with van der Waals surface area (Å²) < 4.78 is 0. The minimum atomic E-state index is -0.788. The Kier molecular flexibility index (Phi) is 5.51. The maximum absolute atomic E-state index is 12.1. The van der Waals surface area contributed by atoms with E-state index in [0.29, 0.717) is 31.5 Å². The Hall–Kier alpha value is -2.63. The van der Waals surface area contributed by atoms with Gasteiger partial charge in [0.25, 0.3) is 5.91 Å².